The lowest BCUT2D eigenvalue weighted by molar-refractivity contribution is 0.0816. The van der Waals surface area contributed by atoms with Crippen molar-refractivity contribution >= 4 is 22.4 Å². The van der Waals surface area contributed by atoms with Crippen LogP contribution in [0, 0.1) is 0 Å². The molecule has 158 valence electrons. The van der Waals surface area contributed by atoms with E-state index < -0.39 is 0 Å². The van der Waals surface area contributed by atoms with Crippen molar-refractivity contribution < 1.29 is 0 Å². The van der Waals surface area contributed by atoms with Crippen molar-refractivity contribution in [2.24, 2.45) is 0 Å². The standard InChI is InChI=1S/C23H31N7/c1-28-12-14-29(15-13-28)18-6-8-19(9-7-18)30-20-10-11-26-23(25)21(20)22(27-30)16-2-4-17(24)5-3-16/h2-5,10-11,18-19H,6-9,12-15,24H2,1H3,(H2,25,26). The van der Waals surface area contributed by atoms with Crippen LogP contribution in [0.5, 0.6) is 0 Å². The van der Waals surface area contributed by atoms with Crippen molar-refractivity contribution in [2.75, 3.05) is 44.7 Å². The molecule has 1 saturated carbocycles. The van der Waals surface area contributed by atoms with Crippen molar-refractivity contribution in [3.8, 4) is 11.3 Å². The van der Waals surface area contributed by atoms with Crippen molar-refractivity contribution in [1.29, 1.82) is 0 Å². The van der Waals surface area contributed by atoms with Crippen molar-refractivity contribution in [3.05, 3.63) is 36.5 Å². The number of anilines is 2. The first kappa shape index (κ1) is 19.3. The summed E-state index contributed by atoms with van der Waals surface area (Å²) in [5.74, 6) is 0.539. The number of hydrogen-bond acceptors (Lipinski definition) is 6. The fourth-order valence-corrected chi connectivity index (χ4v) is 5.09. The van der Waals surface area contributed by atoms with E-state index in [0.29, 0.717) is 17.9 Å². The summed E-state index contributed by atoms with van der Waals surface area (Å²) < 4.78 is 2.21. The Morgan fingerprint density at radius 1 is 0.867 bits per heavy atom. The Bertz CT molecular complexity index is 1010. The predicted octanol–water partition coefficient (Wildman–Crippen LogP) is 2.99. The summed E-state index contributed by atoms with van der Waals surface area (Å²) in [7, 11) is 2.22. The van der Waals surface area contributed by atoms with Crippen LogP contribution >= 0.6 is 0 Å². The van der Waals surface area contributed by atoms with Crippen LogP contribution < -0.4 is 11.5 Å². The van der Waals surface area contributed by atoms with Gasteiger partial charge in [-0.15, -0.1) is 0 Å². The highest BCUT2D eigenvalue weighted by molar-refractivity contribution is 6.00. The fraction of sp³-hybridized carbons (Fsp3) is 0.478. The molecule has 2 fully saturated rings. The Hall–Kier alpha value is -2.64. The predicted molar refractivity (Wildman–Crippen MR) is 122 cm³/mol. The summed E-state index contributed by atoms with van der Waals surface area (Å²) in [6.07, 6.45) is 6.55. The molecule has 4 N–H and O–H groups in total. The minimum atomic E-state index is 0.403. The van der Waals surface area contributed by atoms with Gasteiger partial charge in [0.15, 0.2) is 0 Å². The van der Waals surface area contributed by atoms with E-state index in [-0.39, 0.29) is 0 Å². The molecule has 30 heavy (non-hydrogen) atoms. The van der Waals surface area contributed by atoms with Crippen LogP contribution in [0.4, 0.5) is 11.5 Å². The highest BCUT2D eigenvalue weighted by Crippen LogP contribution is 2.37. The first-order valence-corrected chi connectivity index (χ1v) is 11.0. The maximum atomic E-state index is 6.30. The molecule has 0 amide bonds. The van der Waals surface area contributed by atoms with Gasteiger partial charge in [0.1, 0.15) is 11.5 Å². The molecule has 0 spiro atoms. The number of pyridine rings is 1. The van der Waals surface area contributed by atoms with Crippen LogP contribution in [-0.2, 0) is 0 Å². The number of nitrogens with two attached hydrogens (primary N) is 2. The lowest BCUT2D eigenvalue weighted by Gasteiger charge is -2.41. The second-order valence-electron chi connectivity index (χ2n) is 8.81. The van der Waals surface area contributed by atoms with Gasteiger partial charge in [-0.1, -0.05) is 12.1 Å². The van der Waals surface area contributed by atoms with E-state index >= 15 is 0 Å². The molecule has 7 nitrogen and oxygen atoms in total. The van der Waals surface area contributed by atoms with E-state index in [9.17, 15) is 0 Å². The first-order valence-electron chi connectivity index (χ1n) is 11.0. The van der Waals surface area contributed by atoms with E-state index in [1.54, 1.807) is 6.20 Å². The van der Waals surface area contributed by atoms with Gasteiger partial charge < -0.3 is 16.4 Å². The van der Waals surface area contributed by atoms with Crippen LogP contribution in [0.3, 0.4) is 0 Å². The van der Waals surface area contributed by atoms with Gasteiger partial charge >= 0.3 is 0 Å². The molecule has 1 aliphatic heterocycles. The second-order valence-corrected chi connectivity index (χ2v) is 8.81. The van der Waals surface area contributed by atoms with Gasteiger partial charge in [0, 0.05) is 49.7 Å². The zero-order chi connectivity index (χ0) is 20.7. The Labute approximate surface area is 177 Å². The number of nitrogen functional groups attached to an aromatic ring is 2. The van der Waals surface area contributed by atoms with Crippen LogP contribution in [0.2, 0.25) is 0 Å². The highest BCUT2D eigenvalue weighted by atomic mass is 15.3. The lowest BCUT2D eigenvalue weighted by atomic mass is 9.89. The fourth-order valence-electron chi connectivity index (χ4n) is 5.09. The highest BCUT2D eigenvalue weighted by Gasteiger charge is 2.30. The molecule has 7 heteroatoms. The van der Waals surface area contributed by atoms with E-state index in [4.69, 9.17) is 16.6 Å². The number of piperazine rings is 1. The quantitative estimate of drug-likeness (QED) is 0.651. The molecule has 0 unspecified atom stereocenters. The largest absolute Gasteiger partial charge is 0.399 e. The van der Waals surface area contributed by atoms with Gasteiger partial charge in [0.2, 0.25) is 0 Å². The molecule has 5 rings (SSSR count). The zero-order valence-electron chi connectivity index (χ0n) is 17.7. The third-order valence-electron chi connectivity index (χ3n) is 6.90. The average Bonchev–Trinajstić information content (AvgIpc) is 3.16. The summed E-state index contributed by atoms with van der Waals surface area (Å²) in [5, 5.41) is 6.00. The molecule has 2 aliphatic rings. The number of fused-ring (bicyclic) bond motifs is 1. The summed E-state index contributed by atoms with van der Waals surface area (Å²) in [4.78, 5) is 9.46. The van der Waals surface area contributed by atoms with Gasteiger partial charge in [0.25, 0.3) is 0 Å². The van der Waals surface area contributed by atoms with E-state index in [0.717, 1.165) is 40.7 Å². The lowest BCUT2D eigenvalue weighted by Crippen LogP contribution is -2.49. The summed E-state index contributed by atoms with van der Waals surface area (Å²) in [5.41, 5.74) is 15.9. The molecule has 3 heterocycles. The number of aromatic nitrogens is 3. The first-order chi connectivity index (χ1) is 14.6. The molecule has 3 aromatic rings. The SMILES string of the molecule is CN1CCN(C2CCC(n3nc(-c4ccc(N)cc4)c4c(N)nccc43)CC2)CC1. The van der Waals surface area contributed by atoms with Crippen LogP contribution in [0.25, 0.3) is 22.2 Å². The molecule has 2 aromatic heterocycles. The van der Waals surface area contributed by atoms with Crippen molar-refractivity contribution in [1.82, 2.24) is 24.6 Å². The summed E-state index contributed by atoms with van der Waals surface area (Å²) >= 11 is 0. The molecular weight excluding hydrogens is 374 g/mol. The molecule has 1 saturated heterocycles. The molecule has 0 radical (unpaired) electrons. The van der Waals surface area contributed by atoms with Gasteiger partial charge in [-0.3, -0.25) is 9.58 Å². The van der Waals surface area contributed by atoms with Crippen molar-refractivity contribution in [3.63, 3.8) is 0 Å². The third-order valence-corrected chi connectivity index (χ3v) is 6.90. The Morgan fingerprint density at radius 2 is 1.53 bits per heavy atom. The molecule has 0 bridgehead atoms. The van der Waals surface area contributed by atoms with Crippen LogP contribution in [0.15, 0.2) is 36.5 Å². The number of rotatable bonds is 3. The Morgan fingerprint density at radius 3 is 2.23 bits per heavy atom. The second kappa shape index (κ2) is 7.89. The zero-order valence-corrected chi connectivity index (χ0v) is 17.7. The number of hydrogen-bond donors (Lipinski definition) is 2. The Kier molecular flexibility index (Phi) is 5.08. The molecule has 0 atom stereocenters. The summed E-state index contributed by atoms with van der Waals surface area (Å²) in [6, 6.07) is 11.0. The molecule has 1 aliphatic carbocycles. The summed E-state index contributed by atoms with van der Waals surface area (Å²) in [6.45, 7) is 4.75. The Balaban J connectivity index is 1.41. The van der Waals surface area contributed by atoms with Gasteiger partial charge in [-0.05, 0) is 50.9 Å². The van der Waals surface area contributed by atoms with Crippen LogP contribution in [-0.4, -0.2) is 63.8 Å². The third kappa shape index (κ3) is 3.52. The van der Waals surface area contributed by atoms with Crippen molar-refractivity contribution in [2.45, 2.75) is 37.8 Å². The minimum Gasteiger partial charge on any atom is -0.399 e. The average molecular weight is 406 g/mol. The van der Waals surface area contributed by atoms with Gasteiger partial charge in [-0.2, -0.15) is 5.10 Å². The smallest absolute Gasteiger partial charge is 0.135 e. The number of likely N-dealkylation sites (N-methyl/N-ethyl adjacent to an activating group) is 1. The van der Waals surface area contributed by atoms with E-state index in [1.807, 2.05) is 30.3 Å². The van der Waals surface area contributed by atoms with Gasteiger partial charge in [0.05, 0.1) is 16.9 Å². The molecule has 1 aromatic carbocycles. The number of nitrogens with zero attached hydrogens (tertiary/aromatic N) is 5. The topological polar surface area (TPSA) is 89.2 Å². The van der Waals surface area contributed by atoms with Crippen LogP contribution in [0.1, 0.15) is 31.7 Å². The maximum Gasteiger partial charge on any atom is 0.135 e. The maximum absolute atomic E-state index is 6.30. The van der Waals surface area contributed by atoms with E-state index in [1.165, 1.54) is 39.0 Å². The van der Waals surface area contributed by atoms with E-state index in [2.05, 4.69) is 26.5 Å². The number of benzene rings is 1. The van der Waals surface area contributed by atoms with Gasteiger partial charge in [-0.25, -0.2) is 4.98 Å². The minimum absolute atomic E-state index is 0.403. The molecular formula is C23H31N7. The normalized spacial score (nSPS) is 23.8. The monoisotopic (exact) mass is 405 g/mol.